The number of thiazole rings is 1. The molecule has 1 amide bonds. The predicted molar refractivity (Wildman–Crippen MR) is 105 cm³/mol. The minimum atomic E-state index is 0.138. The van der Waals surface area contributed by atoms with E-state index < -0.39 is 0 Å². The Hall–Kier alpha value is -2.66. The molecule has 0 bridgehead atoms. The van der Waals surface area contributed by atoms with E-state index in [0.29, 0.717) is 6.42 Å². The average Bonchev–Trinajstić information content (AvgIpc) is 3.26. The fourth-order valence-corrected chi connectivity index (χ4v) is 4.35. The van der Waals surface area contributed by atoms with Crippen LogP contribution < -0.4 is 9.64 Å². The van der Waals surface area contributed by atoms with Crippen molar-refractivity contribution in [1.29, 1.82) is 0 Å². The van der Waals surface area contributed by atoms with Crippen LogP contribution in [0.15, 0.2) is 48.5 Å². The summed E-state index contributed by atoms with van der Waals surface area (Å²) >= 11 is 1.59. The van der Waals surface area contributed by atoms with Gasteiger partial charge >= 0.3 is 0 Å². The number of benzene rings is 2. The van der Waals surface area contributed by atoms with Crippen LogP contribution in [0.25, 0.3) is 10.6 Å². The summed E-state index contributed by atoms with van der Waals surface area (Å²) in [5, 5.41) is 0.922. The van der Waals surface area contributed by atoms with Gasteiger partial charge in [0.1, 0.15) is 10.8 Å². The summed E-state index contributed by atoms with van der Waals surface area (Å²) < 4.78 is 5.29. The minimum Gasteiger partial charge on any atom is -0.497 e. The van der Waals surface area contributed by atoms with Crippen LogP contribution in [-0.4, -0.2) is 24.5 Å². The van der Waals surface area contributed by atoms with Crippen LogP contribution >= 0.6 is 11.3 Å². The average molecular weight is 364 g/mol. The number of carbonyl (C=O) groups is 1. The van der Waals surface area contributed by atoms with Crippen molar-refractivity contribution >= 4 is 22.9 Å². The van der Waals surface area contributed by atoms with Gasteiger partial charge in [-0.2, -0.15) is 0 Å². The molecule has 1 aliphatic heterocycles. The van der Waals surface area contributed by atoms with Crippen molar-refractivity contribution in [2.75, 3.05) is 18.6 Å². The number of aryl methyl sites for hydroxylation is 1. The van der Waals surface area contributed by atoms with Crippen molar-refractivity contribution in [3.8, 4) is 16.3 Å². The molecule has 132 valence electrons. The molecule has 2 aromatic carbocycles. The second-order valence-electron chi connectivity index (χ2n) is 6.36. The predicted octanol–water partition coefficient (Wildman–Crippen LogP) is 4.26. The Kier molecular flexibility index (Phi) is 4.47. The first-order chi connectivity index (χ1) is 12.7. The van der Waals surface area contributed by atoms with Gasteiger partial charge in [-0.15, -0.1) is 11.3 Å². The number of ether oxygens (including phenoxy) is 1. The number of methoxy groups -OCH3 is 1. The van der Waals surface area contributed by atoms with Gasteiger partial charge in [0.05, 0.1) is 19.2 Å². The van der Waals surface area contributed by atoms with E-state index in [9.17, 15) is 4.79 Å². The van der Waals surface area contributed by atoms with Gasteiger partial charge in [-0.3, -0.25) is 4.79 Å². The molecule has 2 heterocycles. The zero-order valence-electron chi connectivity index (χ0n) is 14.9. The number of fused-ring (bicyclic) bond motifs is 1. The summed E-state index contributed by atoms with van der Waals surface area (Å²) in [5.41, 5.74) is 4.24. The highest BCUT2D eigenvalue weighted by Crippen LogP contribution is 2.32. The maximum absolute atomic E-state index is 12.9. The van der Waals surface area contributed by atoms with E-state index in [4.69, 9.17) is 4.74 Å². The fourth-order valence-electron chi connectivity index (χ4n) is 3.30. The SMILES string of the molecule is COc1cccc(-c2nc(C)c(CC(=O)N3CCc4ccccc43)s2)c1. The topological polar surface area (TPSA) is 42.4 Å². The highest BCUT2D eigenvalue weighted by atomic mass is 32.1. The maximum Gasteiger partial charge on any atom is 0.232 e. The Balaban J connectivity index is 1.56. The number of anilines is 1. The second kappa shape index (κ2) is 6.92. The Morgan fingerprint density at radius 1 is 1.23 bits per heavy atom. The summed E-state index contributed by atoms with van der Waals surface area (Å²) in [6.45, 7) is 2.74. The molecule has 1 aromatic heterocycles. The monoisotopic (exact) mass is 364 g/mol. The quantitative estimate of drug-likeness (QED) is 0.695. The van der Waals surface area contributed by atoms with Crippen LogP contribution in [0.1, 0.15) is 16.1 Å². The molecule has 3 aromatic rings. The number of para-hydroxylation sites is 1. The maximum atomic E-state index is 12.9. The van der Waals surface area contributed by atoms with E-state index in [2.05, 4.69) is 11.1 Å². The van der Waals surface area contributed by atoms with E-state index >= 15 is 0 Å². The Morgan fingerprint density at radius 3 is 2.92 bits per heavy atom. The van der Waals surface area contributed by atoms with Gasteiger partial charge in [0, 0.05) is 22.7 Å². The molecule has 0 atom stereocenters. The molecule has 4 rings (SSSR count). The van der Waals surface area contributed by atoms with E-state index in [1.807, 2.05) is 54.3 Å². The van der Waals surface area contributed by atoms with Crippen molar-refractivity contribution < 1.29 is 9.53 Å². The third-order valence-corrected chi connectivity index (χ3v) is 5.92. The molecule has 0 saturated heterocycles. The molecule has 4 nitrogen and oxygen atoms in total. The van der Waals surface area contributed by atoms with E-state index in [0.717, 1.165) is 45.5 Å². The molecular weight excluding hydrogens is 344 g/mol. The van der Waals surface area contributed by atoms with Crippen LogP contribution in [0.2, 0.25) is 0 Å². The first-order valence-electron chi connectivity index (χ1n) is 8.64. The lowest BCUT2D eigenvalue weighted by Gasteiger charge is -2.16. The number of nitrogens with zero attached hydrogens (tertiary/aromatic N) is 2. The van der Waals surface area contributed by atoms with Gasteiger partial charge in [-0.25, -0.2) is 4.98 Å². The zero-order valence-corrected chi connectivity index (χ0v) is 15.7. The van der Waals surface area contributed by atoms with Crippen molar-refractivity contribution in [3.05, 3.63) is 64.7 Å². The van der Waals surface area contributed by atoms with E-state index in [1.54, 1.807) is 18.4 Å². The Bertz CT molecular complexity index is 964. The summed E-state index contributed by atoms with van der Waals surface area (Å²) in [6.07, 6.45) is 1.32. The number of aromatic nitrogens is 1. The van der Waals surface area contributed by atoms with Gasteiger partial charge in [0.15, 0.2) is 0 Å². The third kappa shape index (κ3) is 3.10. The van der Waals surface area contributed by atoms with Crippen molar-refractivity contribution in [1.82, 2.24) is 4.98 Å². The highest BCUT2D eigenvalue weighted by Gasteiger charge is 2.25. The number of amides is 1. The van der Waals surface area contributed by atoms with Crippen molar-refractivity contribution in [2.24, 2.45) is 0 Å². The first-order valence-corrected chi connectivity index (χ1v) is 9.46. The smallest absolute Gasteiger partial charge is 0.232 e. The number of rotatable bonds is 4. The molecule has 0 saturated carbocycles. The molecule has 5 heteroatoms. The van der Waals surface area contributed by atoms with Crippen molar-refractivity contribution in [2.45, 2.75) is 19.8 Å². The molecule has 0 radical (unpaired) electrons. The fraction of sp³-hybridized carbons (Fsp3) is 0.238. The molecule has 0 N–H and O–H groups in total. The lowest BCUT2D eigenvalue weighted by molar-refractivity contribution is -0.117. The molecule has 0 spiro atoms. The van der Waals surface area contributed by atoms with Gasteiger partial charge in [0.25, 0.3) is 0 Å². The van der Waals surface area contributed by atoms with Crippen molar-refractivity contribution in [3.63, 3.8) is 0 Å². The number of carbonyl (C=O) groups excluding carboxylic acids is 1. The van der Waals surface area contributed by atoms with Crippen LogP contribution in [-0.2, 0) is 17.6 Å². The summed E-state index contributed by atoms with van der Waals surface area (Å²) in [6, 6.07) is 16.0. The molecule has 1 aliphatic rings. The lowest BCUT2D eigenvalue weighted by Crippen LogP contribution is -2.30. The summed E-state index contributed by atoms with van der Waals surface area (Å²) in [5.74, 6) is 0.945. The molecule has 0 fully saturated rings. The number of hydrogen-bond donors (Lipinski definition) is 0. The molecule has 0 unspecified atom stereocenters. The van der Waals surface area contributed by atoms with Crippen LogP contribution in [0.4, 0.5) is 5.69 Å². The lowest BCUT2D eigenvalue weighted by atomic mass is 10.2. The highest BCUT2D eigenvalue weighted by molar-refractivity contribution is 7.15. The normalized spacial score (nSPS) is 12.9. The minimum absolute atomic E-state index is 0.138. The summed E-state index contributed by atoms with van der Waals surface area (Å²) in [7, 11) is 1.66. The van der Waals surface area contributed by atoms with Gasteiger partial charge < -0.3 is 9.64 Å². The van der Waals surface area contributed by atoms with Gasteiger partial charge in [-0.1, -0.05) is 30.3 Å². The van der Waals surface area contributed by atoms with Crippen LogP contribution in [0, 0.1) is 6.92 Å². The van der Waals surface area contributed by atoms with Gasteiger partial charge in [0.2, 0.25) is 5.91 Å². The third-order valence-electron chi connectivity index (χ3n) is 4.71. The largest absolute Gasteiger partial charge is 0.497 e. The first kappa shape index (κ1) is 16.8. The van der Waals surface area contributed by atoms with E-state index in [-0.39, 0.29) is 5.91 Å². The zero-order chi connectivity index (χ0) is 18.1. The molecular formula is C21H20N2O2S. The Labute approximate surface area is 157 Å². The standard InChI is InChI=1S/C21H20N2O2S/c1-14-19(26-21(22-14)16-7-5-8-17(12-16)25-2)13-20(24)23-11-10-15-6-3-4-9-18(15)23/h3-9,12H,10-11,13H2,1-2H3. The van der Waals surface area contributed by atoms with E-state index in [1.165, 1.54) is 5.56 Å². The van der Waals surface area contributed by atoms with Crippen LogP contribution in [0.3, 0.4) is 0 Å². The molecule has 0 aliphatic carbocycles. The summed E-state index contributed by atoms with van der Waals surface area (Å²) in [4.78, 5) is 20.5. The van der Waals surface area contributed by atoms with Crippen LogP contribution in [0.5, 0.6) is 5.75 Å². The van der Waals surface area contributed by atoms with Gasteiger partial charge in [-0.05, 0) is 37.1 Å². The molecule has 26 heavy (non-hydrogen) atoms. The second-order valence-corrected chi connectivity index (χ2v) is 7.44. The Morgan fingerprint density at radius 2 is 2.08 bits per heavy atom. The number of hydrogen-bond acceptors (Lipinski definition) is 4.